The first-order chi connectivity index (χ1) is 7.61. The van der Waals surface area contributed by atoms with E-state index >= 15 is 0 Å². The molecule has 1 aromatic heterocycles. The molecule has 1 aromatic rings. The van der Waals surface area contributed by atoms with Crippen LogP contribution in [0.1, 0.15) is 11.8 Å². The van der Waals surface area contributed by atoms with Crippen LogP contribution in [0.15, 0.2) is 23.1 Å². The molecule has 8 heteroatoms. The first-order valence-corrected chi connectivity index (χ1v) is 4.83. The maximum atomic E-state index is 11.4. The second-order valence-corrected chi connectivity index (χ2v) is 3.55. The van der Waals surface area contributed by atoms with Crippen molar-refractivity contribution in [3.05, 3.63) is 34.4 Å². The van der Waals surface area contributed by atoms with Crippen molar-refractivity contribution in [2.45, 2.75) is 19.3 Å². The van der Waals surface area contributed by atoms with Crippen molar-refractivity contribution in [3.63, 3.8) is 0 Å². The Hall–Kier alpha value is -0.0636. The van der Waals surface area contributed by atoms with E-state index < -0.39 is 23.9 Å². The number of aryl methyl sites for hydroxylation is 1. The molecule has 18 heavy (non-hydrogen) atoms. The summed E-state index contributed by atoms with van der Waals surface area (Å²) in [4.78, 5) is 14.8. The molecule has 0 bridgehead atoms. The van der Waals surface area contributed by atoms with Gasteiger partial charge in [-0.1, -0.05) is 6.08 Å². The predicted molar refractivity (Wildman–Crippen MR) is 56.4 cm³/mol. The Morgan fingerprint density at radius 2 is 2.22 bits per heavy atom. The van der Waals surface area contributed by atoms with Gasteiger partial charge in [-0.3, -0.25) is 4.57 Å². The molecule has 2 atom stereocenters. The molecule has 3 N–H and O–H groups in total. The van der Waals surface area contributed by atoms with E-state index in [4.69, 9.17) is 9.84 Å². The van der Waals surface area contributed by atoms with Crippen molar-refractivity contribution in [1.82, 2.24) is 9.55 Å². The molecule has 0 aliphatic carbocycles. The number of ether oxygens (including phenoxy) is 1. The summed E-state index contributed by atoms with van der Waals surface area (Å²) in [5.74, 6) is -0.526. The first kappa shape index (κ1) is 17.9. The summed E-state index contributed by atoms with van der Waals surface area (Å²) in [5.41, 5.74) is -0.270. The van der Waals surface area contributed by atoms with E-state index in [1.165, 1.54) is 10.8 Å². The maximum absolute atomic E-state index is 11.4. The second-order valence-electron chi connectivity index (χ2n) is 3.55. The minimum absolute atomic E-state index is 0. The first-order valence-electron chi connectivity index (χ1n) is 4.83. The minimum Gasteiger partial charge on any atom is -0.858 e. The Balaban J connectivity index is 0.00000144. The molecule has 0 spiro atoms. The summed E-state index contributed by atoms with van der Waals surface area (Å²) in [5, 5.41) is 20.0. The Bertz CT molecular complexity index is 488. The smallest absolute Gasteiger partial charge is 0.858 e. The van der Waals surface area contributed by atoms with Gasteiger partial charge in [0.25, 0.3) is 0 Å². The van der Waals surface area contributed by atoms with Crippen LogP contribution in [0.25, 0.3) is 0 Å². The van der Waals surface area contributed by atoms with Gasteiger partial charge in [-0.25, -0.2) is 9.78 Å². The van der Waals surface area contributed by atoms with Gasteiger partial charge in [0.1, 0.15) is 6.10 Å². The van der Waals surface area contributed by atoms with Crippen LogP contribution < -0.4 is 62.2 Å². The molecule has 0 fully saturated rings. The number of rotatable bonds is 2. The van der Waals surface area contributed by atoms with Crippen molar-refractivity contribution in [1.29, 1.82) is 0 Å². The summed E-state index contributed by atoms with van der Waals surface area (Å²) < 4.78 is 6.56. The minimum atomic E-state index is -0.649. The molecule has 0 saturated heterocycles. The van der Waals surface area contributed by atoms with Gasteiger partial charge in [-0.2, -0.15) is 0 Å². The Morgan fingerprint density at radius 3 is 2.78 bits per heavy atom. The van der Waals surface area contributed by atoms with Gasteiger partial charge in [0.2, 0.25) is 0 Å². The van der Waals surface area contributed by atoms with Crippen LogP contribution in [0.4, 0.5) is 0 Å². The third-order valence-corrected chi connectivity index (χ3v) is 2.35. The molecule has 2 rings (SSSR count). The van der Waals surface area contributed by atoms with E-state index in [-0.39, 0.29) is 63.5 Å². The molecule has 2 heterocycles. The van der Waals surface area contributed by atoms with Gasteiger partial charge in [-0.15, -0.1) is 0 Å². The van der Waals surface area contributed by atoms with Crippen LogP contribution in [0.2, 0.25) is 0 Å². The van der Waals surface area contributed by atoms with Crippen LogP contribution in [-0.4, -0.2) is 32.8 Å². The summed E-state index contributed by atoms with van der Waals surface area (Å²) >= 11 is 0. The summed E-state index contributed by atoms with van der Waals surface area (Å²) in [6.45, 7) is 1.43. The van der Waals surface area contributed by atoms with Gasteiger partial charge in [-0.05, 0) is 24.4 Å². The SMILES string of the molecule is Cc1cn(C2C=CC(CO)O2)c(=O)nc1[O-].O.[K+]. The number of aromatic nitrogens is 2. The fourth-order valence-electron chi connectivity index (χ4n) is 1.49. The summed E-state index contributed by atoms with van der Waals surface area (Å²) in [7, 11) is 0. The fraction of sp³-hybridized carbons (Fsp3) is 0.400. The van der Waals surface area contributed by atoms with Crippen molar-refractivity contribution in [2.75, 3.05) is 6.61 Å². The Labute approximate surface area is 146 Å². The average Bonchev–Trinajstić information content (AvgIpc) is 2.71. The molecule has 1 aliphatic rings. The number of aliphatic hydroxyl groups is 1. The topological polar surface area (TPSA) is 119 Å². The van der Waals surface area contributed by atoms with Crippen LogP contribution in [0, 0.1) is 6.92 Å². The largest absolute Gasteiger partial charge is 1.00 e. The predicted octanol–water partition coefficient (Wildman–Crippen LogP) is -4.75. The molecule has 0 amide bonds. The maximum Gasteiger partial charge on any atom is 1.00 e. The van der Waals surface area contributed by atoms with E-state index in [9.17, 15) is 9.90 Å². The third-order valence-electron chi connectivity index (χ3n) is 2.35. The number of hydrogen-bond donors (Lipinski definition) is 1. The van der Waals surface area contributed by atoms with Crippen LogP contribution >= 0.6 is 0 Å². The Kier molecular flexibility index (Phi) is 7.48. The molecule has 94 valence electrons. The van der Waals surface area contributed by atoms with E-state index in [1.807, 2.05) is 0 Å². The normalized spacial score (nSPS) is 21.2. The number of hydrogen-bond acceptors (Lipinski definition) is 5. The van der Waals surface area contributed by atoms with E-state index in [1.54, 1.807) is 19.1 Å². The van der Waals surface area contributed by atoms with E-state index in [0.717, 1.165) is 0 Å². The van der Waals surface area contributed by atoms with Crippen LogP contribution in [0.3, 0.4) is 0 Å². The quantitative estimate of drug-likeness (QED) is 0.431. The van der Waals surface area contributed by atoms with Gasteiger partial charge in [0.15, 0.2) is 6.23 Å². The second kappa shape index (κ2) is 7.51. The zero-order chi connectivity index (χ0) is 11.7. The van der Waals surface area contributed by atoms with Gasteiger partial charge in [0, 0.05) is 6.20 Å². The summed E-state index contributed by atoms with van der Waals surface area (Å²) in [6.07, 6.45) is 3.71. The third kappa shape index (κ3) is 3.71. The zero-order valence-corrected chi connectivity index (χ0v) is 13.3. The molecule has 0 radical (unpaired) electrons. The van der Waals surface area contributed by atoms with Gasteiger partial charge in [0.05, 0.1) is 6.61 Å². The molecular weight excluding hydrogens is 267 g/mol. The standard InChI is InChI=1S/C10H12N2O4.K.H2O/c1-6-4-12(10(15)11-9(6)14)8-3-2-7(5-13)16-8;;/h2-4,7-8,13H,5H2,1H3,(H,11,14,15);;1H2/q;+1;/p-1. The van der Waals surface area contributed by atoms with Crippen molar-refractivity contribution >= 4 is 0 Å². The van der Waals surface area contributed by atoms with Crippen molar-refractivity contribution in [3.8, 4) is 5.88 Å². The zero-order valence-electron chi connectivity index (χ0n) is 10.2. The number of nitrogens with zero attached hydrogens (tertiary/aromatic N) is 2. The molecule has 2 unspecified atom stereocenters. The molecular formula is C10H13KN2O5. The molecule has 7 nitrogen and oxygen atoms in total. The fourth-order valence-corrected chi connectivity index (χ4v) is 1.49. The van der Waals surface area contributed by atoms with Gasteiger partial charge >= 0.3 is 57.1 Å². The Morgan fingerprint density at radius 1 is 1.56 bits per heavy atom. The van der Waals surface area contributed by atoms with Gasteiger partial charge < -0.3 is 20.4 Å². The molecule has 1 aliphatic heterocycles. The molecule has 0 aromatic carbocycles. The van der Waals surface area contributed by atoms with Crippen molar-refractivity contribution < 1.29 is 71.8 Å². The monoisotopic (exact) mass is 280 g/mol. The van der Waals surface area contributed by atoms with E-state index in [0.29, 0.717) is 5.56 Å². The van der Waals surface area contributed by atoms with Crippen LogP contribution in [-0.2, 0) is 4.74 Å². The van der Waals surface area contributed by atoms with Crippen LogP contribution in [0.5, 0.6) is 5.88 Å². The van der Waals surface area contributed by atoms with E-state index in [2.05, 4.69) is 4.98 Å². The average molecular weight is 280 g/mol. The summed E-state index contributed by atoms with van der Waals surface area (Å²) in [6, 6.07) is 0. The number of aliphatic hydroxyl groups excluding tert-OH is 1. The molecule has 0 saturated carbocycles. The van der Waals surface area contributed by atoms with Crippen molar-refractivity contribution in [2.24, 2.45) is 0 Å².